The highest BCUT2D eigenvalue weighted by Gasteiger charge is 2.51. The Labute approximate surface area is 521 Å². The maximum Gasteiger partial charge on any atom is 0.273 e. The highest BCUT2D eigenvalue weighted by Crippen LogP contribution is 2.51. The van der Waals surface area contributed by atoms with Crippen LogP contribution in [-0.2, 0) is 10.8 Å². The topological polar surface area (TPSA) is 91.0 Å². The fourth-order valence-electron chi connectivity index (χ4n) is 14.6. The van der Waals surface area contributed by atoms with Crippen molar-refractivity contribution in [3.63, 3.8) is 0 Å². The SMILES string of the molecule is C=Cc1cc(C(C)(C)C)cc(F)c1N1c2cc3c(cc2B2c4sc5ccc(C#N)cc5c4Oc4cc(C)cc1c42)B1c2cc4c(cc2N(c2c(F)cc(C(C)(C)C)cc2F)c2cc(C)cc(c21)O3)Oc1cc(C)cc2c1B4c1sc3ccc(C#N)cc3c1O2. The van der Waals surface area contributed by atoms with E-state index in [2.05, 4.69) is 57.7 Å². The normalized spacial score (nSPS) is 14.1. The van der Waals surface area contributed by atoms with E-state index in [4.69, 9.17) is 18.9 Å². The smallest absolute Gasteiger partial charge is 0.273 e. The van der Waals surface area contributed by atoms with Crippen molar-refractivity contribution >= 4 is 151 Å². The summed E-state index contributed by atoms with van der Waals surface area (Å²) in [4.78, 5) is 3.72. The zero-order valence-corrected chi connectivity index (χ0v) is 51.6. The summed E-state index contributed by atoms with van der Waals surface area (Å²) in [5.41, 5.74) is 12.7. The summed E-state index contributed by atoms with van der Waals surface area (Å²) in [5, 5.41) is 22.0. The summed E-state index contributed by atoms with van der Waals surface area (Å²) in [6.07, 6.45) is 1.72. The average Bonchev–Trinajstić information content (AvgIpc) is 1.49. The molecule has 0 spiro atoms. The first-order chi connectivity index (χ1) is 42.7. The van der Waals surface area contributed by atoms with E-state index >= 15 is 13.2 Å². The molecule has 8 heterocycles. The molecule has 0 fully saturated rings. The number of hydrogen-bond acceptors (Lipinski definition) is 10. The summed E-state index contributed by atoms with van der Waals surface area (Å²) in [5.74, 6) is 2.84. The average molecular weight is 1200 g/mol. The maximum atomic E-state index is 17.9. The number of benzene rings is 9. The van der Waals surface area contributed by atoms with E-state index in [-0.39, 0.29) is 11.1 Å². The Morgan fingerprint density at radius 1 is 0.461 bits per heavy atom. The number of ether oxygens (including phenoxy) is 4. The van der Waals surface area contributed by atoms with Crippen LogP contribution in [0.25, 0.3) is 26.2 Å². The number of rotatable bonds is 3. The van der Waals surface area contributed by atoms with Gasteiger partial charge in [-0.15, -0.1) is 22.7 Å². The van der Waals surface area contributed by atoms with E-state index in [1.165, 1.54) is 12.1 Å². The molecule has 2 aromatic heterocycles. The minimum Gasteiger partial charge on any atom is -0.458 e. The maximum absolute atomic E-state index is 17.9. The second-order valence-corrected chi connectivity index (χ2v) is 28.6. The number of aryl methyl sites for hydroxylation is 3. The highest BCUT2D eigenvalue weighted by atomic mass is 32.1. The molecule has 0 N–H and O–H groups in total. The Morgan fingerprint density at radius 2 is 0.876 bits per heavy atom. The van der Waals surface area contributed by atoms with Gasteiger partial charge in [0.05, 0.1) is 29.0 Å². The Bertz CT molecular complexity index is 5240. The Kier molecular flexibility index (Phi) is 11.0. The Balaban J connectivity index is 0.974. The lowest BCUT2D eigenvalue weighted by molar-refractivity contribution is 0.467. The van der Waals surface area contributed by atoms with E-state index in [0.717, 1.165) is 90.4 Å². The number of anilines is 6. The zero-order valence-electron chi connectivity index (χ0n) is 49.9. The van der Waals surface area contributed by atoms with Crippen molar-refractivity contribution in [3.8, 4) is 58.1 Å². The van der Waals surface area contributed by atoms with E-state index in [1.807, 2.05) is 131 Å². The highest BCUT2D eigenvalue weighted by molar-refractivity contribution is 7.34. The van der Waals surface area contributed by atoms with Gasteiger partial charge in [0.2, 0.25) is 0 Å². The second-order valence-electron chi connectivity index (χ2n) is 26.5. The standard InChI is InChI=1S/C73H50B3F3N4O4S2/c1-11-39-24-40(72(5,6)7)25-48(77)66(39)82-52-31-55-46(29-45(52)75-64-54(82)17-35(3)19-58(64)86-68-42-22-37(32-80)12-14-61(42)88-70(68)75)74-44-28-47-56(85-59-20-36(4)21-60-65(59)76(47)71-69(87-60)43-23-38(33-81)13-15-62(43)89-71)30-51(44)83(53-16-34(2)18-57(84-55)63(53)74)67-49(78)26-41(27-50(67)79)73(8,9)10/h11-31H,1H2,2-10H3. The first kappa shape index (κ1) is 53.6. The molecular formula is C73H50B3F3N4O4S2. The fourth-order valence-corrected chi connectivity index (χ4v) is 17.1. The van der Waals surface area contributed by atoms with Gasteiger partial charge in [-0.05, 0) is 189 Å². The van der Waals surface area contributed by atoms with Crippen molar-refractivity contribution in [2.45, 2.75) is 73.1 Å². The summed E-state index contributed by atoms with van der Waals surface area (Å²) in [6, 6.07) is 43.0. The molecule has 0 bridgehead atoms. The van der Waals surface area contributed by atoms with Gasteiger partial charge < -0.3 is 28.7 Å². The Hall–Kier alpha value is -9.60. The van der Waals surface area contributed by atoms with E-state index in [0.29, 0.717) is 96.5 Å². The molecule has 11 aromatic rings. The Morgan fingerprint density at radius 3 is 1.38 bits per heavy atom. The lowest BCUT2D eigenvalue weighted by Crippen LogP contribution is -2.64. The van der Waals surface area contributed by atoms with Crippen molar-refractivity contribution in [1.82, 2.24) is 0 Å². The van der Waals surface area contributed by atoms with Crippen LogP contribution >= 0.6 is 22.7 Å². The van der Waals surface area contributed by atoms with Gasteiger partial charge in [-0.3, -0.25) is 0 Å². The summed E-state index contributed by atoms with van der Waals surface area (Å²) in [6.45, 7) is 20.7. The molecule has 0 aliphatic carbocycles. The quantitative estimate of drug-likeness (QED) is 0.162. The minimum absolute atomic E-state index is 0.242. The van der Waals surface area contributed by atoms with Gasteiger partial charge in [-0.1, -0.05) is 66.3 Å². The molecule has 0 saturated carbocycles. The number of fused-ring (bicyclic) bond motifs is 16. The minimum atomic E-state index is -0.729. The molecule has 6 aliphatic heterocycles. The molecule has 0 atom stereocenters. The van der Waals surface area contributed by atoms with Gasteiger partial charge >= 0.3 is 0 Å². The van der Waals surface area contributed by atoms with Gasteiger partial charge in [0.25, 0.3) is 20.1 Å². The van der Waals surface area contributed by atoms with Crippen LogP contribution in [0.1, 0.15) is 86.1 Å². The molecule has 0 saturated heterocycles. The number of nitrogens with zero attached hydrogens (tertiary/aromatic N) is 4. The van der Waals surface area contributed by atoms with Crippen LogP contribution in [0.15, 0.2) is 128 Å². The number of thiophene rings is 2. The molecule has 6 aliphatic rings. The molecule has 428 valence electrons. The van der Waals surface area contributed by atoms with Crippen LogP contribution < -0.4 is 76.5 Å². The van der Waals surface area contributed by atoms with Crippen molar-refractivity contribution in [2.75, 3.05) is 9.80 Å². The van der Waals surface area contributed by atoms with E-state index in [9.17, 15) is 10.5 Å². The first-order valence-corrected chi connectivity index (χ1v) is 31.3. The lowest BCUT2D eigenvalue weighted by Gasteiger charge is -2.43. The van der Waals surface area contributed by atoms with Crippen LogP contribution in [-0.4, -0.2) is 20.1 Å². The van der Waals surface area contributed by atoms with Gasteiger partial charge in [0, 0.05) is 75.6 Å². The summed E-state index contributed by atoms with van der Waals surface area (Å²) < 4.78 is 85.6. The van der Waals surface area contributed by atoms with Gasteiger partial charge in [0.1, 0.15) is 57.5 Å². The monoisotopic (exact) mass is 1200 g/mol. The van der Waals surface area contributed by atoms with Gasteiger partial charge in [-0.25, -0.2) is 13.2 Å². The second kappa shape index (κ2) is 18.3. The van der Waals surface area contributed by atoms with Gasteiger partial charge in [-0.2, -0.15) is 10.5 Å². The molecule has 9 aromatic carbocycles. The van der Waals surface area contributed by atoms with E-state index in [1.54, 1.807) is 39.7 Å². The third kappa shape index (κ3) is 7.54. The first-order valence-electron chi connectivity index (χ1n) is 29.7. The van der Waals surface area contributed by atoms with Gasteiger partial charge in [0.15, 0.2) is 11.6 Å². The third-order valence-electron chi connectivity index (χ3n) is 18.7. The molecule has 0 unspecified atom stereocenters. The molecule has 17 rings (SSSR count). The van der Waals surface area contributed by atoms with Crippen LogP contribution in [0.2, 0.25) is 0 Å². The largest absolute Gasteiger partial charge is 0.458 e. The van der Waals surface area contributed by atoms with E-state index < -0.39 is 43.0 Å². The number of hydrogen-bond donors (Lipinski definition) is 0. The molecule has 0 amide bonds. The van der Waals surface area contributed by atoms with Crippen molar-refractivity contribution in [2.24, 2.45) is 0 Å². The molecule has 8 nitrogen and oxygen atoms in total. The summed E-state index contributed by atoms with van der Waals surface area (Å²) in [7, 11) is 0. The molecule has 16 heteroatoms. The lowest BCUT2D eigenvalue weighted by atomic mass is 9.30. The predicted molar refractivity (Wildman–Crippen MR) is 358 cm³/mol. The summed E-state index contributed by atoms with van der Waals surface area (Å²) >= 11 is 3.21. The van der Waals surface area contributed by atoms with Crippen molar-refractivity contribution in [3.05, 3.63) is 190 Å². The number of nitriles is 2. The van der Waals surface area contributed by atoms with Crippen molar-refractivity contribution < 1.29 is 32.1 Å². The predicted octanol–water partition coefficient (Wildman–Crippen LogP) is 14.0. The molecule has 89 heavy (non-hydrogen) atoms. The third-order valence-corrected chi connectivity index (χ3v) is 21.1. The van der Waals surface area contributed by atoms with Crippen molar-refractivity contribution in [1.29, 1.82) is 10.5 Å². The van der Waals surface area contributed by atoms with Crippen LogP contribution in [0.3, 0.4) is 0 Å². The fraction of sp³-hybridized carbons (Fsp3) is 0.151. The van der Waals surface area contributed by atoms with Crippen LogP contribution in [0.5, 0.6) is 46.0 Å². The molecule has 0 radical (unpaired) electrons. The van der Waals surface area contributed by atoms with Crippen LogP contribution in [0.4, 0.5) is 47.3 Å². The number of halogens is 3. The zero-order chi connectivity index (χ0) is 61.3. The van der Waals surface area contributed by atoms with Crippen LogP contribution in [0, 0.1) is 60.9 Å². The molecular weight excluding hydrogens is 1150 g/mol.